The van der Waals surface area contributed by atoms with Gasteiger partial charge in [0, 0.05) is 38.9 Å². The van der Waals surface area contributed by atoms with E-state index in [0.717, 1.165) is 6.07 Å². The number of nitrogens with zero attached hydrogens (tertiary/aromatic N) is 2. The van der Waals surface area contributed by atoms with E-state index in [1.807, 2.05) is 0 Å². The SMILES string of the molecule is CCOC(=O)c1cn(Cc2ccc(F)cc2)c2c(F)c(N3CCNCC3)c(F)cc2c1=O. The molecule has 1 N–H and O–H groups in total. The average molecular weight is 445 g/mol. The van der Waals surface area contributed by atoms with Crippen LogP contribution < -0.4 is 15.6 Å². The molecular weight excluding hydrogens is 423 g/mol. The summed E-state index contributed by atoms with van der Waals surface area (Å²) in [6.07, 6.45) is 1.22. The van der Waals surface area contributed by atoms with Crippen molar-refractivity contribution >= 4 is 22.6 Å². The number of carbonyl (C=O) groups excluding carboxylic acids is 1. The number of ether oxygens (including phenoxy) is 1. The van der Waals surface area contributed by atoms with Crippen molar-refractivity contribution in [2.45, 2.75) is 13.5 Å². The highest BCUT2D eigenvalue weighted by atomic mass is 19.1. The molecule has 2 aromatic carbocycles. The van der Waals surface area contributed by atoms with Crippen LogP contribution in [0.3, 0.4) is 0 Å². The third-order valence-electron chi connectivity index (χ3n) is 5.42. The van der Waals surface area contributed by atoms with Gasteiger partial charge in [0.2, 0.25) is 5.43 Å². The van der Waals surface area contributed by atoms with Crippen LogP contribution in [0, 0.1) is 17.5 Å². The van der Waals surface area contributed by atoms with Crippen molar-refractivity contribution in [2.24, 2.45) is 0 Å². The lowest BCUT2D eigenvalue weighted by molar-refractivity contribution is 0.0524. The lowest BCUT2D eigenvalue weighted by Gasteiger charge is -2.30. The van der Waals surface area contributed by atoms with E-state index in [9.17, 15) is 14.0 Å². The lowest BCUT2D eigenvalue weighted by Crippen LogP contribution is -2.44. The number of nitrogens with one attached hydrogen (secondary N) is 1. The monoisotopic (exact) mass is 445 g/mol. The molecule has 168 valence electrons. The number of hydrogen-bond donors (Lipinski definition) is 1. The van der Waals surface area contributed by atoms with Gasteiger partial charge in [-0.1, -0.05) is 12.1 Å². The van der Waals surface area contributed by atoms with Crippen LogP contribution in [-0.4, -0.2) is 43.3 Å². The molecule has 1 aromatic heterocycles. The number of piperazine rings is 1. The summed E-state index contributed by atoms with van der Waals surface area (Å²) in [6, 6.07) is 6.52. The van der Waals surface area contributed by atoms with E-state index in [1.165, 1.54) is 35.0 Å². The van der Waals surface area contributed by atoms with Gasteiger partial charge in [0.05, 0.1) is 17.5 Å². The number of aromatic nitrogens is 1. The van der Waals surface area contributed by atoms with Crippen molar-refractivity contribution in [3.05, 3.63) is 75.3 Å². The van der Waals surface area contributed by atoms with E-state index in [1.54, 1.807) is 11.8 Å². The fraction of sp³-hybridized carbons (Fsp3) is 0.304. The molecule has 0 unspecified atom stereocenters. The Morgan fingerprint density at radius 1 is 1.12 bits per heavy atom. The van der Waals surface area contributed by atoms with Gasteiger partial charge in [-0.2, -0.15) is 0 Å². The van der Waals surface area contributed by atoms with E-state index in [-0.39, 0.29) is 35.3 Å². The molecule has 4 rings (SSSR count). The van der Waals surface area contributed by atoms with Crippen molar-refractivity contribution in [3.63, 3.8) is 0 Å². The molecule has 1 saturated heterocycles. The van der Waals surface area contributed by atoms with E-state index in [2.05, 4.69) is 5.32 Å². The van der Waals surface area contributed by atoms with Gasteiger partial charge in [-0.25, -0.2) is 18.0 Å². The second-order valence-electron chi connectivity index (χ2n) is 7.50. The number of halogens is 3. The standard InChI is InChI=1S/C23H22F3N3O3/c1-2-32-23(31)17-13-29(12-14-3-5-15(24)6-4-14)20-16(22(17)30)11-18(25)21(19(20)26)28-9-7-27-8-10-28/h3-6,11,13,27H,2,7-10,12H2,1H3. The van der Waals surface area contributed by atoms with Gasteiger partial charge >= 0.3 is 5.97 Å². The Morgan fingerprint density at radius 3 is 2.47 bits per heavy atom. The van der Waals surface area contributed by atoms with E-state index < -0.39 is 28.8 Å². The van der Waals surface area contributed by atoms with Crippen LogP contribution in [0.15, 0.2) is 41.3 Å². The molecule has 1 fully saturated rings. The molecule has 6 nitrogen and oxygen atoms in total. The third kappa shape index (κ3) is 4.08. The first-order valence-electron chi connectivity index (χ1n) is 10.3. The Morgan fingerprint density at radius 2 is 1.81 bits per heavy atom. The minimum absolute atomic E-state index is 0.0347. The number of carbonyl (C=O) groups is 1. The van der Waals surface area contributed by atoms with Gasteiger partial charge in [-0.05, 0) is 30.7 Å². The van der Waals surface area contributed by atoms with Crippen LogP contribution in [0.5, 0.6) is 0 Å². The van der Waals surface area contributed by atoms with Crippen LogP contribution >= 0.6 is 0 Å². The van der Waals surface area contributed by atoms with E-state index >= 15 is 8.78 Å². The Hall–Kier alpha value is -3.33. The maximum absolute atomic E-state index is 15.8. The zero-order chi connectivity index (χ0) is 22.8. The number of esters is 1. The smallest absolute Gasteiger partial charge is 0.343 e. The fourth-order valence-corrected chi connectivity index (χ4v) is 3.92. The van der Waals surface area contributed by atoms with Crippen molar-refractivity contribution in [1.29, 1.82) is 0 Å². The molecule has 0 amide bonds. The number of rotatable bonds is 5. The molecule has 9 heteroatoms. The van der Waals surface area contributed by atoms with Gasteiger partial charge in [-0.3, -0.25) is 4.79 Å². The predicted octanol–water partition coefficient (Wildman–Crippen LogP) is 3.05. The molecule has 0 aliphatic carbocycles. The predicted molar refractivity (Wildman–Crippen MR) is 115 cm³/mol. The molecule has 0 saturated carbocycles. The number of hydrogen-bond acceptors (Lipinski definition) is 5. The first kappa shape index (κ1) is 21.9. The van der Waals surface area contributed by atoms with Crippen LogP contribution in [0.25, 0.3) is 10.9 Å². The number of fused-ring (bicyclic) bond motifs is 1. The summed E-state index contributed by atoms with van der Waals surface area (Å²) in [7, 11) is 0. The normalized spacial score (nSPS) is 14.1. The summed E-state index contributed by atoms with van der Waals surface area (Å²) in [4.78, 5) is 26.9. The topological polar surface area (TPSA) is 63.6 Å². The highest BCUT2D eigenvalue weighted by molar-refractivity contribution is 5.95. The van der Waals surface area contributed by atoms with E-state index in [4.69, 9.17) is 4.74 Å². The number of pyridine rings is 1. The van der Waals surface area contributed by atoms with Crippen molar-refractivity contribution in [2.75, 3.05) is 37.7 Å². The fourth-order valence-electron chi connectivity index (χ4n) is 3.92. The summed E-state index contributed by atoms with van der Waals surface area (Å²) in [5.41, 5.74) is -0.857. The van der Waals surface area contributed by atoms with E-state index in [0.29, 0.717) is 31.7 Å². The van der Waals surface area contributed by atoms with Gasteiger partial charge in [0.25, 0.3) is 0 Å². The molecule has 0 atom stereocenters. The van der Waals surface area contributed by atoms with Crippen LogP contribution in [0.4, 0.5) is 18.9 Å². The molecule has 3 aromatic rings. The van der Waals surface area contributed by atoms with Crippen molar-refractivity contribution < 1.29 is 22.7 Å². The van der Waals surface area contributed by atoms with Gasteiger partial charge in [0.15, 0.2) is 5.82 Å². The average Bonchev–Trinajstić information content (AvgIpc) is 2.78. The molecule has 1 aliphatic rings. The third-order valence-corrected chi connectivity index (χ3v) is 5.42. The van der Waals surface area contributed by atoms with Gasteiger partial charge in [-0.15, -0.1) is 0 Å². The van der Waals surface area contributed by atoms with Crippen LogP contribution in [-0.2, 0) is 11.3 Å². The van der Waals surface area contributed by atoms with Gasteiger partial charge < -0.3 is 19.5 Å². The number of benzene rings is 2. The molecule has 2 heterocycles. The summed E-state index contributed by atoms with van der Waals surface area (Å²) in [5.74, 6) is -3.06. The Kier molecular flexibility index (Phi) is 6.18. The Labute approximate surface area is 182 Å². The zero-order valence-corrected chi connectivity index (χ0v) is 17.5. The van der Waals surface area contributed by atoms with Crippen molar-refractivity contribution in [3.8, 4) is 0 Å². The summed E-state index contributed by atoms with van der Waals surface area (Å²) < 4.78 is 50.4. The second-order valence-corrected chi connectivity index (χ2v) is 7.50. The first-order valence-corrected chi connectivity index (χ1v) is 10.3. The second kappa shape index (κ2) is 9.04. The zero-order valence-electron chi connectivity index (χ0n) is 17.5. The molecule has 0 spiro atoms. The summed E-state index contributed by atoms with van der Waals surface area (Å²) >= 11 is 0. The Bertz CT molecular complexity index is 1220. The first-order chi connectivity index (χ1) is 15.4. The number of anilines is 1. The lowest BCUT2D eigenvalue weighted by atomic mass is 10.1. The summed E-state index contributed by atoms with van der Waals surface area (Å²) in [5, 5.41) is 2.87. The molecular formula is C23H22F3N3O3. The quantitative estimate of drug-likeness (QED) is 0.612. The Balaban J connectivity index is 1.95. The minimum Gasteiger partial charge on any atom is -0.462 e. The largest absolute Gasteiger partial charge is 0.462 e. The van der Waals surface area contributed by atoms with Crippen molar-refractivity contribution in [1.82, 2.24) is 9.88 Å². The maximum atomic E-state index is 15.8. The molecule has 32 heavy (non-hydrogen) atoms. The molecule has 0 bridgehead atoms. The summed E-state index contributed by atoms with van der Waals surface area (Å²) in [6.45, 7) is 3.62. The highest BCUT2D eigenvalue weighted by Gasteiger charge is 2.26. The molecule has 0 radical (unpaired) electrons. The van der Waals surface area contributed by atoms with Gasteiger partial charge in [0.1, 0.15) is 22.9 Å². The maximum Gasteiger partial charge on any atom is 0.343 e. The highest BCUT2D eigenvalue weighted by Crippen LogP contribution is 2.30. The molecule has 1 aliphatic heterocycles. The van der Waals surface area contributed by atoms with Crippen LogP contribution in [0.1, 0.15) is 22.8 Å². The van der Waals surface area contributed by atoms with Crippen LogP contribution in [0.2, 0.25) is 0 Å². The minimum atomic E-state index is -0.878.